The smallest absolute Gasteiger partial charge is 0.278 e. The predicted molar refractivity (Wildman–Crippen MR) is 99.5 cm³/mol. The second kappa shape index (κ2) is 7.87. The molecule has 0 unspecified atom stereocenters. The molecule has 0 radical (unpaired) electrons. The molecule has 0 aliphatic heterocycles. The average molecular weight is 389 g/mol. The van der Waals surface area contributed by atoms with Gasteiger partial charge in [-0.25, -0.2) is 13.8 Å². The van der Waals surface area contributed by atoms with E-state index in [9.17, 15) is 13.6 Å². The molecule has 0 spiro atoms. The molecule has 0 aromatic carbocycles. The van der Waals surface area contributed by atoms with E-state index in [0.29, 0.717) is 17.8 Å². The van der Waals surface area contributed by atoms with Gasteiger partial charge in [-0.1, -0.05) is 0 Å². The molecule has 0 aliphatic rings. The van der Waals surface area contributed by atoms with Gasteiger partial charge in [0.05, 0.1) is 24.2 Å². The SMILES string of the molecule is CNC(=O)Cc1nccc2nn(Cc3cnc(OCC(C)(F)F)c(C)c3)cc12. The first-order valence-electron chi connectivity index (χ1n) is 8.73. The molecule has 28 heavy (non-hydrogen) atoms. The van der Waals surface area contributed by atoms with E-state index in [1.165, 1.54) is 0 Å². The lowest BCUT2D eigenvalue weighted by Crippen LogP contribution is -2.21. The van der Waals surface area contributed by atoms with E-state index in [2.05, 4.69) is 20.4 Å². The molecule has 0 atom stereocenters. The maximum absolute atomic E-state index is 12.9. The lowest BCUT2D eigenvalue weighted by molar-refractivity contribution is -0.119. The van der Waals surface area contributed by atoms with Crippen LogP contribution in [-0.4, -0.2) is 45.2 Å². The van der Waals surface area contributed by atoms with Crippen molar-refractivity contribution in [1.82, 2.24) is 25.1 Å². The Kier molecular flexibility index (Phi) is 5.53. The maximum Gasteiger partial charge on any atom is 0.278 e. The van der Waals surface area contributed by atoms with Crippen molar-refractivity contribution in [2.45, 2.75) is 32.7 Å². The highest BCUT2D eigenvalue weighted by atomic mass is 19.3. The molecule has 9 heteroatoms. The monoisotopic (exact) mass is 389 g/mol. The van der Waals surface area contributed by atoms with Crippen molar-refractivity contribution in [3.63, 3.8) is 0 Å². The molecule has 148 valence electrons. The summed E-state index contributed by atoms with van der Waals surface area (Å²) in [4.78, 5) is 20.1. The van der Waals surface area contributed by atoms with E-state index in [0.717, 1.165) is 23.4 Å². The Hall–Kier alpha value is -3.10. The van der Waals surface area contributed by atoms with Crippen LogP contribution >= 0.6 is 0 Å². The highest BCUT2D eigenvalue weighted by Gasteiger charge is 2.22. The summed E-state index contributed by atoms with van der Waals surface area (Å²) in [6, 6.07) is 3.61. The molecular formula is C19H21F2N5O2. The summed E-state index contributed by atoms with van der Waals surface area (Å²) in [5, 5.41) is 7.90. The quantitative estimate of drug-likeness (QED) is 0.671. The lowest BCUT2D eigenvalue weighted by Gasteiger charge is -2.13. The van der Waals surface area contributed by atoms with Crippen molar-refractivity contribution in [3.05, 3.63) is 47.5 Å². The summed E-state index contributed by atoms with van der Waals surface area (Å²) in [5.41, 5.74) is 2.91. The molecule has 1 amide bonds. The normalized spacial score (nSPS) is 11.6. The third-order valence-corrected chi connectivity index (χ3v) is 4.06. The molecule has 0 saturated carbocycles. The number of aryl methyl sites for hydroxylation is 1. The second-order valence-corrected chi connectivity index (χ2v) is 6.69. The number of fused-ring (bicyclic) bond motifs is 1. The Morgan fingerprint density at radius 1 is 1.36 bits per heavy atom. The van der Waals surface area contributed by atoms with Crippen molar-refractivity contribution in [1.29, 1.82) is 0 Å². The van der Waals surface area contributed by atoms with Crippen LogP contribution in [0.5, 0.6) is 5.88 Å². The number of rotatable bonds is 7. The number of halogens is 2. The number of hydrogen-bond donors (Lipinski definition) is 1. The fraction of sp³-hybridized carbons (Fsp3) is 0.368. The summed E-state index contributed by atoms with van der Waals surface area (Å²) >= 11 is 0. The highest BCUT2D eigenvalue weighted by Crippen LogP contribution is 2.21. The Balaban J connectivity index is 1.78. The van der Waals surface area contributed by atoms with Crippen LogP contribution in [0.15, 0.2) is 30.7 Å². The van der Waals surface area contributed by atoms with Gasteiger partial charge in [0, 0.05) is 43.5 Å². The number of ether oxygens (including phenoxy) is 1. The number of hydrogen-bond acceptors (Lipinski definition) is 5. The summed E-state index contributed by atoms with van der Waals surface area (Å²) < 4.78 is 32.7. The van der Waals surface area contributed by atoms with Gasteiger partial charge >= 0.3 is 0 Å². The molecular weight excluding hydrogens is 368 g/mol. The molecule has 0 saturated heterocycles. The number of pyridine rings is 2. The van der Waals surface area contributed by atoms with Gasteiger partial charge < -0.3 is 10.1 Å². The minimum absolute atomic E-state index is 0.124. The highest BCUT2D eigenvalue weighted by molar-refractivity contribution is 5.86. The molecule has 0 bridgehead atoms. The molecule has 3 aromatic rings. The fourth-order valence-electron chi connectivity index (χ4n) is 2.75. The van der Waals surface area contributed by atoms with Gasteiger partial charge in [-0.15, -0.1) is 0 Å². The van der Waals surface area contributed by atoms with Crippen LogP contribution in [0.3, 0.4) is 0 Å². The number of nitrogens with zero attached hydrogens (tertiary/aromatic N) is 4. The van der Waals surface area contributed by atoms with E-state index < -0.39 is 12.5 Å². The first-order valence-corrected chi connectivity index (χ1v) is 8.73. The van der Waals surface area contributed by atoms with Gasteiger partial charge in [0.1, 0.15) is 0 Å². The molecule has 3 aromatic heterocycles. The number of aromatic nitrogens is 4. The third-order valence-electron chi connectivity index (χ3n) is 4.06. The first kappa shape index (κ1) is 19.7. The van der Waals surface area contributed by atoms with Crippen LogP contribution in [-0.2, 0) is 17.8 Å². The molecule has 7 nitrogen and oxygen atoms in total. The van der Waals surface area contributed by atoms with Gasteiger partial charge in [0.25, 0.3) is 5.92 Å². The van der Waals surface area contributed by atoms with Crippen LogP contribution < -0.4 is 10.1 Å². The van der Waals surface area contributed by atoms with Gasteiger partial charge in [-0.2, -0.15) is 5.10 Å². The Morgan fingerprint density at radius 2 is 2.14 bits per heavy atom. The lowest BCUT2D eigenvalue weighted by atomic mass is 10.2. The number of likely N-dealkylation sites (N-methyl/N-ethyl adjacent to an activating group) is 1. The van der Waals surface area contributed by atoms with Gasteiger partial charge in [-0.05, 0) is 24.6 Å². The Labute approximate surface area is 160 Å². The van der Waals surface area contributed by atoms with E-state index in [1.54, 1.807) is 37.1 Å². The number of carbonyl (C=O) groups is 1. The zero-order chi connectivity index (χ0) is 20.3. The predicted octanol–water partition coefficient (Wildman–Crippen LogP) is 2.51. The van der Waals surface area contributed by atoms with Gasteiger partial charge in [0.2, 0.25) is 11.8 Å². The van der Waals surface area contributed by atoms with E-state index in [4.69, 9.17) is 4.74 Å². The zero-order valence-electron chi connectivity index (χ0n) is 15.9. The molecule has 0 aliphatic carbocycles. The van der Waals surface area contributed by atoms with Gasteiger partial charge in [0.15, 0.2) is 6.61 Å². The van der Waals surface area contributed by atoms with Crippen LogP contribution in [0.1, 0.15) is 23.7 Å². The number of nitrogens with one attached hydrogen (secondary N) is 1. The van der Waals surface area contributed by atoms with Crippen molar-refractivity contribution in [2.24, 2.45) is 0 Å². The molecule has 3 heterocycles. The average Bonchev–Trinajstić information content (AvgIpc) is 3.03. The van der Waals surface area contributed by atoms with Crippen LogP contribution in [0.2, 0.25) is 0 Å². The summed E-state index contributed by atoms with van der Waals surface area (Å²) in [6.45, 7) is 2.27. The van der Waals surface area contributed by atoms with Crippen molar-refractivity contribution >= 4 is 16.8 Å². The summed E-state index contributed by atoms with van der Waals surface area (Å²) in [6.07, 6.45) is 5.21. The number of amides is 1. The number of carbonyl (C=O) groups excluding carboxylic acids is 1. The van der Waals surface area contributed by atoms with Crippen LogP contribution in [0, 0.1) is 6.92 Å². The topological polar surface area (TPSA) is 81.9 Å². The Morgan fingerprint density at radius 3 is 2.82 bits per heavy atom. The molecule has 1 N–H and O–H groups in total. The maximum atomic E-state index is 12.9. The molecule has 0 fully saturated rings. The van der Waals surface area contributed by atoms with E-state index >= 15 is 0 Å². The van der Waals surface area contributed by atoms with Crippen molar-refractivity contribution < 1.29 is 18.3 Å². The van der Waals surface area contributed by atoms with Crippen LogP contribution in [0.25, 0.3) is 10.9 Å². The minimum Gasteiger partial charge on any atom is -0.471 e. The third kappa shape index (κ3) is 4.79. The van der Waals surface area contributed by atoms with Gasteiger partial charge in [-0.3, -0.25) is 14.5 Å². The molecule has 3 rings (SSSR count). The summed E-state index contributed by atoms with van der Waals surface area (Å²) in [7, 11) is 1.58. The van der Waals surface area contributed by atoms with E-state index in [-0.39, 0.29) is 18.2 Å². The minimum atomic E-state index is -2.91. The van der Waals surface area contributed by atoms with Crippen molar-refractivity contribution in [3.8, 4) is 5.88 Å². The van der Waals surface area contributed by atoms with E-state index in [1.807, 2.05) is 12.3 Å². The Bertz CT molecular complexity index is 998. The standard InChI is InChI=1S/C19H21F2N5O2/c1-12-6-13(8-24-18(12)28-11-19(2,20)21)9-26-10-14-15(25-26)4-5-23-16(14)7-17(27)22-3/h4-6,8,10H,7,9,11H2,1-3H3,(H,22,27). The zero-order valence-corrected chi connectivity index (χ0v) is 15.9. The first-order chi connectivity index (χ1) is 13.2. The van der Waals surface area contributed by atoms with Crippen molar-refractivity contribution in [2.75, 3.05) is 13.7 Å². The fourth-order valence-corrected chi connectivity index (χ4v) is 2.75. The number of alkyl halides is 2. The van der Waals surface area contributed by atoms with Crippen LogP contribution in [0.4, 0.5) is 8.78 Å². The second-order valence-electron chi connectivity index (χ2n) is 6.69. The largest absolute Gasteiger partial charge is 0.471 e. The summed E-state index contributed by atoms with van der Waals surface area (Å²) in [5.74, 6) is -2.85.